The van der Waals surface area contributed by atoms with E-state index in [9.17, 15) is 9.59 Å². The number of hydrogen-bond acceptors (Lipinski definition) is 3. The maximum absolute atomic E-state index is 12.3. The average Bonchev–Trinajstić information content (AvgIpc) is 3.00. The Morgan fingerprint density at radius 2 is 1.86 bits per heavy atom. The molecule has 0 radical (unpaired) electrons. The summed E-state index contributed by atoms with van der Waals surface area (Å²) in [5.74, 6) is -0.822. The van der Waals surface area contributed by atoms with Crippen LogP contribution in [0.5, 0.6) is 0 Å². The van der Waals surface area contributed by atoms with E-state index in [4.69, 9.17) is 9.52 Å². The number of amides is 1. The Bertz CT molecular complexity index is 659. The SMILES string of the molecule is C/C(=C/C(=O)N(Cc1ccccc1)Cc1ccco1)C(=O)O. The average molecular weight is 299 g/mol. The molecule has 5 heteroatoms. The lowest BCUT2D eigenvalue weighted by molar-refractivity contribution is -0.133. The van der Waals surface area contributed by atoms with Crippen molar-refractivity contribution in [2.75, 3.05) is 0 Å². The largest absolute Gasteiger partial charge is 0.478 e. The lowest BCUT2D eigenvalue weighted by Crippen LogP contribution is -2.29. The van der Waals surface area contributed by atoms with Gasteiger partial charge in [0.05, 0.1) is 12.8 Å². The quantitative estimate of drug-likeness (QED) is 0.833. The van der Waals surface area contributed by atoms with E-state index in [0.717, 1.165) is 11.6 Å². The summed E-state index contributed by atoms with van der Waals surface area (Å²) in [5.41, 5.74) is 0.964. The molecule has 2 rings (SSSR count). The molecule has 0 atom stereocenters. The first-order valence-electron chi connectivity index (χ1n) is 6.83. The molecular weight excluding hydrogens is 282 g/mol. The van der Waals surface area contributed by atoms with Gasteiger partial charge in [0, 0.05) is 18.2 Å². The monoisotopic (exact) mass is 299 g/mol. The predicted octanol–water partition coefficient (Wildman–Crippen LogP) is 2.84. The fraction of sp³-hybridized carbons (Fsp3) is 0.176. The van der Waals surface area contributed by atoms with Gasteiger partial charge in [-0.25, -0.2) is 4.79 Å². The van der Waals surface area contributed by atoms with Crippen molar-refractivity contribution in [3.05, 3.63) is 71.7 Å². The van der Waals surface area contributed by atoms with E-state index in [1.54, 1.807) is 23.3 Å². The summed E-state index contributed by atoms with van der Waals surface area (Å²) in [6.07, 6.45) is 2.67. The molecule has 1 aromatic carbocycles. The summed E-state index contributed by atoms with van der Waals surface area (Å²) >= 11 is 0. The van der Waals surface area contributed by atoms with Crippen LogP contribution in [0, 0.1) is 0 Å². The van der Waals surface area contributed by atoms with Gasteiger partial charge in [-0.3, -0.25) is 4.79 Å². The zero-order chi connectivity index (χ0) is 15.9. The van der Waals surface area contributed by atoms with Crippen LogP contribution in [-0.2, 0) is 22.7 Å². The summed E-state index contributed by atoms with van der Waals surface area (Å²) < 4.78 is 5.27. The number of aliphatic carboxylic acids is 1. The highest BCUT2D eigenvalue weighted by molar-refractivity contribution is 5.97. The summed E-state index contributed by atoms with van der Waals surface area (Å²) in [7, 11) is 0. The van der Waals surface area contributed by atoms with Gasteiger partial charge in [0.15, 0.2) is 0 Å². The topological polar surface area (TPSA) is 70.8 Å². The van der Waals surface area contributed by atoms with Gasteiger partial charge in [-0.05, 0) is 24.6 Å². The number of carbonyl (C=O) groups excluding carboxylic acids is 1. The fourth-order valence-corrected chi connectivity index (χ4v) is 1.94. The second-order valence-corrected chi connectivity index (χ2v) is 4.89. The normalized spacial score (nSPS) is 11.2. The Kier molecular flexibility index (Phi) is 5.14. The van der Waals surface area contributed by atoms with E-state index in [1.807, 2.05) is 30.3 Å². The second-order valence-electron chi connectivity index (χ2n) is 4.89. The molecule has 2 aromatic rings. The number of nitrogens with zero attached hydrogens (tertiary/aromatic N) is 1. The minimum absolute atomic E-state index is 0.00232. The van der Waals surface area contributed by atoms with Gasteiger partial charge >= 0.3 is 5.97 Å². The molecule has 22 heavy (non-hydrogen) atoms. The summed E-state index contributed by atoms with van der Waals surface area (Å²) in [6.45, 7) is 2.06. The van der Waals surface area contributed by atoms with Crippen LogP contribution in [-0.4, -0.2) is 21.9 Å². The zero-order valence-electron chi connectivity index (χ0n) is 12.2. The van der Waals surface area contributed by atoms with E-state index in [-0.39, 0.29) is 18.0 Å². The third kappa shape index (κ3) is 4.34. The molecule has 5 nitrogen and oxygen atoms in total. The number of hydrogen-bond donors (Lipinski definition) is 1. The van der Waals surface area contributed by atoms with Crippen LogP contribution in [0.4, 0.5) is 0 Å². The Balaban J connectivity index is 2.19. The minimum atomic E-state index is -1.11. The van der Waals surface area contributed by atoms with Crippen LogP contribution < -0.4 is 0 Å². The van der Waals surface area contributed by atoms with E-state index in [0.29, 0.717) is 12.3 Å². The van der Waals surface area contributed by atoms with Crippen molar-refractivity contribution >= 4 is 11.9 Å². The van der Waals surface area contributed by atoms with Crippen molar-refractivity contribution in [2.24, 2.45) is 0 Å². The number of furan rings is 1. The van der Waals surface area contributed by atoms with Crippen molar-refractivity contribution < 1.29 is 19.1 Å². The third-order valence-corrected chi connectivity index (χ3v) is 3.13. The fourth-order valence-electron chi connectivity index (χ4n) is 1.94. The number of rotatable bonds is 6. The van der Waals surface area contributed by atoms with E-state index < -0.39 is 5.97 Å². The van der Waals surface area contributed by atoms with Gasteiger partial charge < -0.3 is 14.4 Å². The van der Waals surface area contributed by atoms with Gasteiger partial charge in [0.1, 0.15) is 5.76 Å². The molecule has 0 unspecified atom stereocenters. The van der Waals surface area contributed by atoms with Gasteiger partial charge in [-0.1, -0.05) is 30.3 Å². The number of carboxylic acids is 1. The second kappa shape index (κ2) is 7.26. The minimum Gasteiger partial charge on any atom is -0.478 e. The standard InChI is InChI=1S/C17H17NO4/c1-13(17(20)21)10-16(19)18(12-15-8-5-9-22-15)11-14-6-3-2-4-7-14/h2-10H,11-12H2,1H3,(H,20,21)/b13-10-. The summed E-state index contributed by atoms with van der Waals surface area (Å²) in [5, 5.41) is 8.90. The van der Waals surface area contributed by atoms with Gasteiger partial charge in [-0.15, -0.1) is 0 Å². The van der Waals surface area contributed by atoms with Crippen LogP contribution in [0.2, 0.25) is 0 Å². The molecule has 1 amide bonds. The Hall–Kier alpha value is -2.82. The molecular formula is C17H17NO4. The number of carboxylic acid groups (broad SMARTS) is 1. The lowest BCUT2D eigenvalue weighted by atomic mass is 10.2. The first-order chi connectivity index (χ1) is 10.6. The first kappa shape index (κ1) is 15.6. The molecule has 0 aliphatic rings. The van der Waals surface area contributed by atoms with Crippen LogP contribution in [0.1, 0.15) is 18.2 Å². The van der Waals surface area contributed by atoms with Crippen molar-refractivity contribution in [3.8, 4) is 0 Å². The third-order valence-electron chi connectivity index (χ3n) is 3.13. The van der Waals surface area contributed by atoms with Gasteiger partial charge in [-0.2, -0.15) is 0 Å². The molecule has 0 fully saturated rings. The number of carbonyl (C=O) groups is 2. The van der Waals surface area contributed by atoms with Crippen LogP contribution in [0.3, 0.4) is 0 Å². The summed E-state index contributed by atoms with van der Waals surface area (Å²) in [4.78, 5) is 24.8. The van der Waals surface area contributed by atoms with Crippen molar-refractivity contribution in [1.82, 2.24) is 4.90 Å². The summed E-state index contributed by atoms with van der Waals surface area (Å²) in [6, 6.07) is 13.0. The molecule has 1 N–H and O–H groups in total. The van der Waals surface area contributed by atoms with E-state index in [1.165, 1.54) is 6.92 Å². The van der Waals surface area contributed by atoms with Gasteiger partial charge in [0.2, 0.25) is 5.91 Å². The molecule has 0 aliphatic heterocycles. The van der Waals surface area contributed by atoms with E-state index >= 15 is 0 Å². The highest BCUT2D eigenvalue weighted by atomic mass is 16.4. The number of benzene rings is 1. The first-order valence-corrected chi connectivity index (χ1v) is 6.83. The zero-order valence-corrected chi connectivity index (χ0v) is 12.2. The van der Waals surface area contributed by atoms with Crippen molar-refractivity contribution in [1.29, 1.82) is 0 Å². The van der Waals surface area contributed by atoms with Crippen LogP contribution >= 0.6 is 0 Å². The highest BCUT2D eigenvalue weighted by Crippen LogP contribution is 2.12. The molecule has 0 spiro atoms. The Morgan fingerprint density at radius 3 is 2.45 bits per heavy atom. The predicted molar refractivity (Wildman–Crippen MR) is 80.8 cm³/mol. The molecule has 0 aliphatic carbocycles. The lowest BCUT2D eigenvalue weighted by Gasteiger charge is -2.20. The molecule has 1 aromatic heterocycles. The van der Waals surface area contributed by atoms with Crippen LogP contribution in [0.25, 0.3) is 0 Å². The van der Waals surface area contributed by atoms with Crippen molar-refractivity contribution in [3.63, 3.8) is 0 Å². The molecule has 0 bridgehead atoms. The van der Waals surface area contributed by atoms with Crippen molar-refractivity contribution in [2.45, 2.75) is 20.0 Å². The Morgan fingerprint density at radius 1 is 1.14 bits per heavy atom. The smallest absolute Gasteiger partial charge is 0.331 e. The van der Waals surface area contributed by atoms with Gasteiger partial charge in [0.25, 0.3) is 0 Å². The maximum atomic E-state index is 12.3. The highest BCUT2D eigenvalue weighted by Gasteiger charge is 2.15. The Labute approximate surface area is 128 Å². The molecule has 1 heterocycles. The van der Waals surface area contributed by atoms with Crippen LogP contribution in [0.15, 0.2) is 64.8 Å². The molecule has 114 valence electrons. The van der Waals surface area contributed by atoms with E-state index in [2.05, 4.69) is 0 Å². The maximum Gasteiger partial charge on any atom is 0.331 e. The molecule has 0 saturated carbocycles. The molecule has 0 saturated heterocycles.